The van der Waals surface area contributed by atoms with Crippen LogP contribution in [0.1, 0.15) is 60.4 Å². The predicted octanol–water partition coefficient (Wildman–Crippen LogP) is 4.91. The number of aliphatic hydroxyl groups is 1. The number of aryl methyl sites for hydroxylation is 1. The van der Waals surface area contributed by atoms with Gasteiger partial charge in [-0.05, 0) is 49.7 Å². The molecule has 3 atom stereocenters. The Morgan fingerprint density at radius 2 is 2.02 bits per heavy atom. The molecule has 3 unspecified atom stereocenters. The molecule has 4 heterocycles. The van der Waals surface area contributed by atoms with E-state index in [1.54, 1.807) is 12.3 Å². The van der Waals surface area contributed by atoms with Crippen LogP contribution in [-0.2, 0) is 11.2 Å². The first-order chi connectivity index (χ1) is 19.0. The average Bonchev–Trinajstić information content (AvgIpc) is 3.18. The number of aromatic nitrogens is 3. The smallest absolute Gasteiger partial charge is 0.272 e. The van der Waals surface area contributed by atoms with Crippen molar-refractivity contribution in [3.8, 4) is 0 Å². The van der Waals surface area contributed by atoms with E-state index < -0.39 is 23.7 Å². The normalized spacial score (nSPS) is 23.6. The Hall–Kier alpha value is -3.31. The van der Waals surface area contributed by atoms with Gasteiger partial charge >= 0.3 is 0 Å². The summed E-state index contributed by atoms with van der Waals surface area (Å²) in [5.41, 5.74) is 2.41. The van der Waals surface area contributed by atoms with E-state index in [1.807, 2.05) is 13.0 Å². The quantitative estimate of drug-likeness (QED) is 0.449. The predicted molar refractivity (Wildman–Crippen MR) is 140 cm³/mol. The summed E-state index contributed by atoms with van der Waals surface area (Å²) < 4.78 is 63.9. The maximum atomic E-state index is 14.5. The molecule has 1 N–H and O–H groups in total. The van der Waals surface area contributed by atoms with Crippen molar-refractivity contribution in [3.63, 3.8) is 0 Å². The lowest BCUT2D eigenvalue weighted by molar-refractivity contribution is -0.0110. The van der Waals surface area contributed by atoms with Crippen molar-refractivity contribution in [2.24, 2.45) is 11.8 Å². The third-order valence-electron chi connectivity index (χ3n) is 7.70. The number of imidazole rings is 1. The Balaban J connectivity index is 1.63. The van der Waals surface area contributed by atoms with Crippen LogP contribution in [0.2, 0.25) is 0 Å². The number of pyridine rings is 2. The van der Waals surface area contributed by atoms with Crippen LogP contribution in [0.4, 0.5) is 17.6 Å². The minimum atomic E-state index is -2.88. The fourth-order valence-electron chi connectivity index (χ4n) is 5.80. The summed E-state index contributed by atoms with van der Waals surface area (Å²) in [5.74, 6) is -5.46. The maximum absolute atomic E-state index is 14.5. The maximum Gasteiger partial charge on any atom is 0.272 e. The van der Waals surface area contributed by atoms with Crippen LogP contribution in [0.5, 0.6) is 0 Å². The van der Waals surface area contributed by atoms with Gasteiger partial charge in [0.1, 0.15) is 11.5 Å². The number of carbonyl (C=O) groups excluding carboxylic acids is 1. The van der Waals surface area contributed by atoms with E-state index in [1.165, 1.54) is 15.5 Å². The molecule has 0 saturated carbocycles. The van der Waals surface area contributed by atoms with E-state index in [2.05, 4.69) is 9.97 Å². The number of fused-ring (bicyclic) bond motifs is 2. The molecular weight excluding hydrogens is 528 g/mol. The number of rotatable bonds is 5. The number of halogens is 4. The van der Waals surface area contributed by atoms with Crippen molar-refractivity contribution < 1.29 is 32.2 Å². The van der Waals surface area contributed by atoms with Crippen molar-refractivity contribution in [1.82, 2.24) is 19.3 Å². The molecule has 1 saturated heterocycles. The number of alkyl halides is 2. The van der Waals surface area contributed by atoms with E-state index >= 15 is 0 Å². The second kappa shape index (κ2) is 11.3. The molecule has 3 aromatic heterocycles. The highest BCUT2D eigenvalue weighted by Crippen LogP contribution is 2.40. The van der Waals surface area contributed by atoms with E-state index in [0.717, 1.165) is 19.2 Å². The molecule has 214 valence electrons. The molecule has 11 heteroatoms. The number of β-amino-alcohol motifs (C(OH)–C–C–N with tert-alkyl or cyclic N) is 1. The fourth-order valence-corrected chi connectivity index (χ4v) is 5.80. The zero-order valence-corrected chi connectivity index (χ0v) is 22.4. The number of hydrogen-bond donors (Lipinski definition) is 1. The second-order valence-electron chi connectivity index (χ2n) is 10.8. The standard InChI is InChI=1S/C29H32F4N4O3/c1-3-17-8-22(26-13-35-27-24(31)10-20(30)14-37(26)27)23-12-34-25(28(39)36-6-7-40-16-21(38)15-36)9-18(23)4-5-19(17)11-29(2,32)33/h8-10,12-14,17,19,21,38H,3-7,11,15-16H2,1-2H3/b22-8+. The summed E-state index contributed by atoms with van der Waals surface area (Å²) in [7, 11) is 0. The average molecular weight is 561 g/mol. The summed E-state index contributed by atoms with van der Waals surface area (Å²) in [4.78, 5) is 23.4. The number of aliphatic hydroxyl groups excluding tert-OH is 1. The van der Waals surface area contributed by atoms with Gasteiger partial charge in [-0.2, -0.15) is 0 Å². The summed E-state index contributed by atoms with van der Waals surface area (Å²) in [6, 6.07) is 2.41. The van der Waals surface area contributed by atoms with Crippen molar-refractivity contribution >= 4 is 17.1 Å². The Morgan fingerprint density at radius 3 is 2.77 bits per heavy atom. The summed E-state index contributed by atoms with van der Waals surface area (Å²) >= 11 is 0. The Morgan fingerprint density at radius 1 is 1.23 bits per heavy atom. The number of allylic oxidation sites excluding steroid dienone is 1. The first kappa shape index (κ1) is 28.2. The third kappa shape index (κ3) is 5.90. The van der Waals surface area contributed by atoms with E-state index in [9.17, 15) is 27.5 Å². The zero-order chi connectivity index (χ0) is 28.6. The minimum absolute atomic E-state index is 0.0627. The first-order valence-corrected chi connectivity index (χ1v) is 13.5. The molecule has 2 aliphatic rings. The van der Waals surface area contributed by atoms with Crippen molar-refractivity contribution in [1.29, 1.82) is 0 Å². The molecule has 1 aliphatic heterocycles. The molecule has 3 aromatic rings. The lowest BCUT2D eigenvalue weighted by Crippen LogP contribution is -2.38. The molecule has 1 aliphatic carbocycles. The van der Waals surface area contributed by atoms with Crippen molar-refractivity contribution in [3.05, 3.63) is 70.9 Å². The number of carbonyl (C=O) groups is 1. The van der Waals surface area contributed by atoms with Crippen LogP contribution < -0.4 is 0 Å². The molecule has 0 aromatic carbocycles. The van der Waals surface area contributed by atoms with Crippen LogP contribution in [-0.4, -0.2) is 68.6 Å². The lowest BCUT2D eigenvalue weighted by atomic mass is 9.77. The number of hydrogen-bond acceptors (Lipinski definition) is 5. The SMILES string of the molecule is CCC1/C=C(/c2cnc3c(F)cc(F)cn23)c2cnc(C(=O)N3CCOCC(O)C3)cc2CCC1CC(C)(F)F. The summed E-state index contributed by atoms with van der Waals surface area (Å²) in [5, 5.41) is 10.1. The molecule has 7 nitrogen and oxygen atoms in total. The molecule has 0 radical (unpaired) electrons. The zero-order valence-electron chi connectivity index (χ0n) is 22.4. The van der Waals surface area contributed by atoms with Gasteiger partial charge in [-0.25, -0.2) is 22.5 Å². The monoisotopic (exact) mass is 560 g/mol. The molecule has 1 amide bonds. The van der Waals surface area contributed by atoms with Crippen LogP contribution in [0, 0.1) is 23.5 Å². The second-order valence-corrected chi connectivity index (χ2v) is 10.8. The van der Waals surface area contributed by atoms with Crippen LogP contribution in [0.3, 0.4) is 0 Å². The van der Waals surface area contributed by atoms with Gasteiger partial charge in [0.25, 0.3) is 5.91 Å². The highest BCUT2D eigenvalue weighted by atomic mass is 19.3. The number of ether oxygens (including phenoxy) is 1. The fraction of sp³-hybridized carbons (Fsp3) is 0.483. The molecule has 5 rings (SSSR count). The summed E-state index contributed by atoms with van der Waals surface area (Å²) in [6.07, 6.45) is 6.32. The highest BCUT2D eigenvalue weighted by molar-refractivity contribution is 5.93. The van der Waals surface area contributed by atoms with Gasteiger partial charge in [0, 0.05) is 49.1 Å². The topological polar surface area (TPSA) is 80.0 Å². The van der Waals surface area contributed by atoms with Gasteiger partial charge in [-0.15, -0.1) is 0 Å². The molecule has 40 heavy (non-hydrogen) atoms. The Kier molecular flexibility index (Phi) is 7.96. The van der Waals surface area contributed by atoms with E-state index in [-0.39, 0.29) is 55.3 Å². The Bertz CT molecular complexity index is 1430. The van der Waals surface area contributed by atoms with Gasteiger partial charge < -0.3 is 14.7 Å². The largest absolute Gasteiger partial charge is 0.389 e. The minimum Gasteiger partial charge on any atom is -0.389 e. The van der Waals surface area contributed by atoms with Gasteiger partial charge in [0.15, 0.2) is 11.5 Å². The molecule has 0 bridgehead atoms. The van der Waals surface area contributed by atoms with Gasteiger partial charge in [-0.1, -0.05) is 13.0 Å². The summed E-state index contributed by atoms with van der Waals surface area (Å²) in [6.45, 7) is 3.66. The van der Waals surface area contributed by atoms with Gasteiger partial charge in [-0.3, -0.25) is 14.2 Å². The third-order valence-corrected chi connectivity index (χ3v) is 7.70. The van der Waals surface area contributed by atoms with Crippen molar-refractivity contribution in [2.75, 3.05) is 26.3 Å². The van der Waals surface area contributed by atoms with Gasteiger partial charge in [0.05, 0.1) is 31.2 Å². The Labute approximate surface area is 229 Å². The number of nitrogens with zero attached hydrogens (tertiary/aromatic N) is 4. The van der Waals surface area contributed by atoms with Crippen LogP contribution in [0.25, 0.3) is 11.2 Å². The number of amides is 1. The lowest BCUT2D eigenvalue weighted by Gasteiger charge is -2.30. The van der Waals surface area contributed by atoms with E-state index in [4.69, 9.17) is 4.74 Å². The molecule has 1 fully saturated rings. The van der Waals surface area contributed by atoms with Crippen LogP contribution in [0.15, 0.2) is 36.8 Å². The molecule has 0 spiro atoms. The molecular formula is C29H32F4N4O3. The van der Waals surface area contributed by atoms with Gasteiger partial charge in [0.2, 0.25) is 5.92 Å². The van der Waals surface area contributed by atoms with Crippen molar-refractivity contribution in [2.45, 2.75) is 51.6 Å². The highest BCUT2D eigenvalue weighted by Gasteiger charge is 2.33. The van der Waals surface area contributed by atoms with E-state index in [0.29, 0.717) is 48.2 Å². The first-order valence-electron chi connectivity index (χ1n) is 13.5. The van der Waals surface area contributed by atoms with Crippen LogP contribution >= 0.6 is 0 Å².